The summed E-state index contributed by atoms with van der Waals surface area (Å²) in [4.78, 5) is 19.2. The molecule has 2 rings (SSSR count). The first-order valence-corrected chi connectivity index (χ1v) is 5.71. The van der Waals surface area contributed by atoms with Crippen LogP contribution in [0.15, 0.2) is 18.6 Å². The summed E-state index contributed by atoms with van der Waals surface area (Å²) in [5.41, 5.74) is 2.59. The van der Waals surface area contributed by atoms with Gasteiger partial charge in [0.25, 0.3) is 0 Å². The van der Waals surface area contributed by atoms with E-state index in [1.807, 2.05) is 17.8 Å². The molecule has 0 unspecified atom stereocenters. The number of hydrogen-bond donors (Lipinski definition) is 1. The van der Waals surface area contributed by atoms with Gasteiger partial charge < -0.3 is 9.67 Å². The maximum absolute atomic E-state index is 10.6. The third-order valence-electron chi connectivity index (χ3n) is 2.76. The highest BCUT2D eigenvalue weighted by molar-refractivity contribution is 5.93. The number of aliphatic carboxylic acids is 1. The Balaban J connectivity index is 2.70. The number of carbonyl (C=O) groups is 1. The van der Waals surface area contributed by atoms with Crippen LogP contribution in [0.3, 0.4) is 0 Å². The van der Waals surface area contributed by atoms with Gasteiger partial charge in [-0.2, -0.15) is 0 Å². The van der Waals surface area contributed by atoms with E-state index in [2.05, 4.69) is 23.8 Å². The zero-order valence-electron chi connectivity index (χ0n) is 10.6. The molecule has 0 fully saturated rings. The molecule has 5 heteroatoms. The number of carboxylic acids is 1. The number of rotatable bonds is 3. The van der Waals surface area contributed by atoms with E-state index in [1.54, 1.807) is 12.4 Å². The molecule has 2 heterocycles. The molecule has 0 amide bonds. The minimum absolute atomic E-state index is 0.259. The Hall–Kier alpha value is -2.17. The van der Waals surface area contributed by atoms with Gasteiger partial charge in [0, 0.05) is 30.3 Å². The Labute approximate surface area is 105 Å². The normalized spacial score (nSPS) is 11.8. The van der Waals surface area contributed by atoms with Crippen LogP contribution in [-0.2, 0) is 11.8 Å². The molecule has 0 aliphatic heterocycles. The first-order chi connectivity index (χ1) is 8.50. The van der Waals surface area contributed by atoms with Crippen molar-refractivity contribution in [3.8, 4) is 0 Å². The number of hydrogen-bond acceptors (Lipinski definition) is 3. The predicted molar refractivity (Wildman–Crippen MR) is 69.3 cm³/mol. The first-order valence-electron chi connectivity index (χ1n) is 5.71. The summed E-state index contributed by atoms with van der Waals surface area (Å²) in [6.45, 7) is 4.11. The summed E-state index contributed by atoms with van der Waals surface area (Å²) in [7, 11) is 1.89. The van der Waals surface area contributed by atoms with E-state index < -0.39 is 5.97 Å². The lowest BCUT2D eigenvalue weighted by Gasteiger charge is -2.06. The Morgan fingerprint density at radius 1 is 1.44 bits per heavy atom. The lowest BCUT2D eigenvalue weighted by molar-refractivity contribution is -0.131. The zero-order chi connectivity index (χ0) is 13.3. The highest BCUT2D eigenvalue weighted by Crippen LogP contribution is 2.27. The Morgan fingerprint density at radius 3 is 2.78 bits per heavy atom. The van der Waals surface area contributed by atoms with Crippen molar-refractivity contribution in [3.05, 3.63) is 29.9 Å². The SMILES string of the molecule is CC(C)c1ncnc2c1c(/C=C/C(=O)O)cn2C. The number of carboxylic acid groups (broad SMARTS) is 1. The quantitative estimate of drug-likeness (QED) is 0.842. The standard InChI is InChI=1S/C13H15N3O2/c1-8(2)12-11-9(4-5-10(17)18)6-16(3)13(11)15-7-14-12/h4-8H,1-3H3,(H,17,18)/b5-4+. The molecule has 18 heavy (non-hydrogen) atoms. The van der Waals surface area contributed by atoms with Gasteiger partial charge in [0.15, 0.2) is 0 Å². The molecular formula is C13H15N3O2. The fourth-order valence-electron chi connectivity index (χ4n) is 1.99. The van der Waals surface area contributed by atoms with E-state index in [9.17, 15) is 4.79 Å². The van der Waals surface area contributed by atoms with Crippen LogP contribution in [0.25, 0.3) is 17.1 Å². The summed E-state index contributed by atoms with van der Waals surface area (Å²) in [5, 5.41) is 9.63. The molecule has 2 aromatic heterocycles. The van der Waals surface area contributed by atoms with Crippen LogP contribution >= 0.6 is 0 Å². The lowest BCUT2D eigenvalue weighted by atomic mass is 10.0. The summed E-state index contributed by atoms with van der Waals surface area (Å²) < 4.78 is 1.88. The van der Waals surface area contributed by atoms with Gasteiger partial charge in [0.1, 0.15) is 12.0 Å². The minimum Gasteiger partial charge on any atom is -0.478 e. The second-order valence-electron chi connectivity index (χ2n) is 4.48. The van der Waals surface area contributed by atoms with Crippen LogP contribution in [-0.4, -0.2) is 25.6 Å². The minimum atomic E-state index is -0.963. The third kappa shape index (κ3) is 2.11. The summed E-state index contributed by atoms with van der Waals surface area (Å²) in [6.07, 6.45) is 6.12. The summed E-state index contributed by atoms with van der Waals surface area (Å²) in [6, 6.07) is 0. The average Bonchev–Trinajstić information content (AvgIpc) is 2.64. The van der Waals surface area contributed by atoms with Crippen LogP contribution in [0, 0.1) is 0 Å². The van der Waals surface area contributed by atoms with Crippen LogP contribution in [0.4, 0.5) is 0 Å². The Kier molecular flexibility index (Phi) is 3.14. The predicted octanol–water partition coefficient (Wildman–Crippen LogP) is 2.19. The molecule has 94 valence electrons. The van der Waals surface area contributed by atoms with Gasteiger partial charge in [-0.1, -0.05) is 13.8 Å². The number of aryl methyl sites for hydroxylation is 1. The lowest BCUT2D eigenvalue weighted by Crippen LogP contribution is -1.97. The van der Waals surface area contributed by atoms with Crippen molar-refractivity contribution in [3.63, 3.8) is 0 Å². The number of aromatic nitrogens is 3. The molecule has 0 aliphatic carbocycles. The van der Waals surface area contributed by atoms with Crippen molar-refractivity contribution >= 4 is 23.1 Å². The second kappa shape index (κ2) is 4.60. The van der Waals surface area contributed by atoms with Crippen molar-refractivity contribution in [2.24, 2.45) is 7.05 Å². The van der Waals surface area contributed by atoms with Gasteiger partial charge in [0.2, 0.25) is 0 Å². The molecule has 5 nitrogen and oxygen atoms in total. The highest BCUT2D eigenvalue weighted by atomic mass is 16.4. The molecule has 1 N–H and O–H groups in total. The molecule has 0 bridgehead atoms. The van der Waals surface area contributed by atoms with E-state index in [4.69, 9.17) is 5.11 Å². The molecule has 0 saturated carbocycles. The van der Waals surface area contributed by atoms with Gasteiger partial charge in [-0.05, 0) is 12.0 Å². The van der Waals surface area contributed by atoms with Gasteiger partial charge in [0.05, 0.1) is 5.69 Å². The zero-order valence-corrected chi connectivity index (χ0v) is 10.6. The fourth-order valence-corrected chi connectivity index (χ4v) is 1.99. The third-order valence-corrected chi connectivity index (χ3v) is 2.76. The molecular weight excluding hydrogens is 230 g/mol. The topological polar surface area (TPSA) is 68.0 Å². The van der Waals surface area contributed by atoms with Gasteiger partial charge in [-0.3, -0.25) is 0 Å². The van der Waals surface area contributed by atoms with Crippen LogP contribution in [0.1, 0.15) is 31.0 Å². The molecule has 0 spiro atoms. The van der Waals surface area contributed by atoms with Crippen molar-refractivity contribution < 1.29 is 9.90 Å². The Bertz CT molecular complexity index is 626. The van der Waals surface area contributed by atoms with E-state index in [0.717, 1.165) is 28.4 Å². The van der Waals surface area contributed by atoms with Crippen molar-refractivity contribution in [1.29, 1.82) is 0 Å². The smallest absolute Gasteiger partial charge is 0.328 e. The summed E-state index contributed by atoms with van der Waals surface area (Å²) in [5.74, 6) is -0.704. The average molecular weight is 245 g/mol. The van der Waals surface area contributed by atoms with Gasteiger partial charge in [-0.25, -0.2) is 14.8 Å². The van der Waals surface area contributed by atoms with E-state index >= 15 is 0 Å². The van der Waals surface area contributed by atoms with Gasteiger partial charge in [-0.15, -0.1) is 0 Å². The fraction of sp³-hybridized carbons (Fsp3) is 0.308. The van der Waals surface area contributed by atoms with Crippen LogP contribution in [0.2, 0.25) is 0 Å². The van der Waals surface area contributed by atoms with Gasteiger partial charge >= 0.3 is 5.97 Å². The highest BCUT2D eigenvalue weighted by Gasteiger charge is 2.13. The molecule has 0 atom stereocenters. The summed E-state index contributed by atoms with van der Waals surface area (Å²) >= 11 is 0. The second-order valence-corrected chi connectivity index (χ2v) is 4.48. The van der Waals surface area contributed by atoms with Crippen molar-refractivity contribution in [2.45, 2.75) is 19.8 Å². The van der Waals surface area contributed by atoms with Crippen LogP contribution in [0.5, 0.6) is 0 Å². The van der Waals surface area contributed by atoms with E-state index in [-0.39, 0.29) is 5.92 Å². The maximum atomic E-state index is 10.6. The Morgan fingerprint density at radius 2 is 2.17 bits per heavy atom. The van der Waals surface area contributed by atoms with Crippen molar-refractivity contribution in [2.75, 3.05) is 0 Å². The van der Waals surface area contributed by atoms with Crippen LogP contribution < -0.4 is 0 Å². The molecule has 2 aromatic rings. The molecule has 0 aromatic carbocycles. The van der Waals surface area contributed by atoms with Crippen molar-refractivity contribution in [1.82, 2.24) is 14.5 Å². The molecule has 0 aliphatic rings. The number of fused-ring (bicyclic) bond motifs is 1. The monoisotopic (exact) mass is 245 g/mol. The number of nitrogens with zero attached hydrogens (tertiary/aromatic N) is 3. The first kappa shape index (κ1) is 12.3. The maximum Gasteiger partial charge on any atom is 0.328 e. The van der Waals surface area contributed by atoms with E-state index in [1.165, 1.54) is 0 Å². The molecule has 0 saturated heterocycles. The van der Waals surface area contributed by atoms with E-state index in [0.29, 0.717) is 0 Å². The molecule has 0 radical (unpaired) electrons. The largest absolute Gasteiger partial charge is 0.478 e.